The molecule has 3 aromatic rings. The van der Waals surface area contributed by atoms with Gasteiger partial charge in [-0.1, -0.05) is 60.7 Å². The highest BCUT2D eigenvalue weighted by Crippen LogP contribution is 2.38. The van der Waals surface area contributed by atoms with Crippen LogP contribution in [-0.4, -0.2) is 5.11 Å². The van der Waals surface area contributed by atoms with Gasteiger partial charge in [-0.3, -0.25) is 0 Å². The molecular formula is C19H18OS. The smallest absolute Gasteiger partial charge is 0.0990 e. The number of aliphatic hydroxyl groups is 1. The monoisotopic (exact) mass is 294 g/mol. The van der Waals surface area contributed by atoms with Crippen molar-refractivity contribution in [2.24, 2.45) is 0 Å². The summed E-state index contributed by atoms with van der Waals surface area (Å²) in [6.45, 7) is 2.07. The van der Waals surface area contributed by atoms with E-state index < -0.39 is 6.10 Å². The van der Waals surface area contributed by atoms with Gasteiger partial charge in [-0.15, -0.1) is 11.3 Å². The zero-order chi connectivity index (χ0) is 14.7. The lowest BCUT2D eigenvalue weighted by Crippen LogP contribution is -2.11. The number of aryl methyl sites for hydroxylation is 1. The summed E-state index contributed by atoms with van der Waals surface area (Å²) in [4.78, 5) is 2.24. The third kappa shape index (κ3) is 3.07. The van der Waals surface area contributed by atoms with Crippen molar-refractivity contribution < 1.29 is 5.11 Å². The summed E-state index contributed by atoms with van der Waals surface area (Å²) in [7, 11) is 0. The van der Waals surface area contributed by atoms with E-state index in [0.717, 1.165) is 16.0 Å². The van der Waals surface area contributed by atoms with Crippen LogP contribution in [-0.2, 0) is 0 Å². The Kier molecular flexibility index (Phi) is 4.18. The number of hydrogen-bond donors (Lipinski definition) is 1. The first-order valence-corrected chi connectivity index (χ1v) is 7.91. The van der Waals surface area contributed by atoms with E-state index in [-0.39, 0.29) is 5.92 Å². The molecule has 2 aromatic carbocycles. The van der Waals surface area contributed by atoms with Crippen molar-refractivity contribution in [3.63, 3.8) is 0 Å². The third-order valence-electron chi connectivity index (χ3n) is 3.69. The number of benzene rings is 2. The highest BCUT2D eigenvalue weighted by Gasteiger charge is 2.25. The van der Waals surface area contributed by atoms with Gasteiger partial charge in [-0.05, 0) is 30.2 Å². The maximum absolute atomic E-state index is 10.9. The van der Waals surface area contributed by atoms with Crippen LogP contribution in [0, 0.1) is 6.92 Å². The van der Waals surface area contributed by atoms with Crippen LogP contribution in [0.5, 0.6) is 0 Å². The summed E-state index contributed by atoms with van der Waals surface area (Å²) >= 11 is 1.66. The molecule has 1 nitrogen and oxygen atoms in total. The van der Waals surface area contributed by atoms with E-state index in [2.05, 4.69) is 37.3 Å². The van der Waals surface area contributed by atoms with Crippen molar-refractivity contribution in [1.29, 1.82) is 0 Å². The van der Waals surface area contributed by atoms with Crippen molar-refractivity contribution in [3.8, 4) is 0 Å². The molecule has 1 atom stereocenters. The Morgan fingerprint density at radius 1 is 0.762 bits per heavy atom. The van der Waals surface area contributed by atoms with Crippen LogP contribution in [0.25, 0.3) is 0 Å². The summed E-state index contributed by atoms with van der Waals surface area (Å²) in [5.74, 6) is -0.0366. The summed E-state index contributed by atoms with van der Waals surface area (Å²) in [6.07, 6.45) is -0.520. The molecule has 0 bridgehead atoms. The molecule has 1 heterocycles. The topological polar surface area (TPSA) is 20.2 Å². The minimum Gasteiger partial charge on any atom is -0.387 e. The van der Waals surface area contributed by atoms with Gasteiger partial charge in [0.15, 0.2) is 0 Å². The fraction of sp³-hybridized carbons (Fsp3) is 0.158. The van der Waals surface area contributed by atoms with E-state index in [1.165, 1.54) is 4.88 Å². The second-order valence-electron chi connectivity index (χ2n) is 5.19. The fourth-order valence-electron chi connectivity index (χ4n) is 2.65. The van der Waals surface area contributed by atoms with E-state index in [9.17, 15) is 5.11 Å². The molecule has 0 aliphatic carbocycles. The normalized spacial score (nSPS) is 12.5. The second-order valence-corrected chi connectivity index (χ2v) is 6.51. The molecule has 0 aliphatic rings. The van der Waals surface area contributed by atoms with E-state index in [1.807, 2.05) is 42.5 Å². The summed E-state index contributed by atoms with van der Waals surface area (Å²) in [5, 5.41) is 10.9. The Labute approximate surface area is 129 Å². The molecule has 106 valence electrons. The number of hydrogen-bond acceptors (Lipinski definition) is 2. The van der Waals surface area contributed by atoms with E-state index in [1.54, 1.807) is 11.3 Å². The number of thiophene rings is 1. The van der Waals surface area contributed by atoms with Gasteiger partial charge in [0, 0.05) is 15.7 Å². The van der Waals surface area contributed by atoms with Crippen molar-refractivity contribution in [3.05, 3.63) is 93.7 Å². The van der Waals surface area contributed by atoms with Crippen molar-refractivity contribution in [1.82, 2.24) is 0 Å². The van der Waals surface area contributed by atoms with E-state index in [4.69, 9.17) is 0 Å². The first kappa shape index (κ1) is 14.1. The highest BCUT2D eigenvalue weighted by molar-refractivity contribution is 7.12. The Balaban J connectivity index is 2.04. The van der Waals surface area contributed by atoms with Gasteiger partial charge in [0.05, 0.1) is 6.10 Å². The van der Waals surface area contributed by atoms with Crippen molar-refractivity contribution in [2.45, 2.75) is 18.9 Å². The molecular weight excluding hydrogens is 276 g/mol. The zero-order valence-electron chi connectivity index (χ0n) is 11.9. The molecule has 0 amide bonds. The van der Waals surface area contributed by atoms with Gasteiger partial charge in [-0.25, -0.2) is 0 Å². The van der Waals surface area contributed by atoms with Gasteiger partial charge >= 0.3 is 0 Å². The number of aliphatic hydroxyl groups excluding tert-OH is 1. The summed E-state index contributed by atoms with van der Waals surface area (Å²) in [6, 6.07) is 24.6. The molecule has 0 radical (unpaired) electrons. The van der Waals surface area contributed by atoms with Crippen LogP contribution in [0.4, 0.5) is 0 Å². The second kappa shape index (κ2) is 6.25. The SMILES string of the molecule is Cc1ccc(C(O)C(c2ccccc2)c2ccccc2)s1. The van der Waals surface area contributed by atoms with Crippen LogP contribution < -0.4 is 0 Å². The van der Waals surface area contributed by atoms with Crippen molar-refractivity contribution in [2.75, 3.05) is 0 Å². The Bertz CT molecular complexity index is 648. The zero-order valence-corrected chi connectivity index (χ0v) is 12.8. The predicted octanol–water partition coefficient (Wildman–Crippen LogP) is 4.92. The van der Waals surface area contributed by atoms with Gasteiger partial charge in [0.1, 0.15) is 0 Å². The average Bonchev–Trinajstić information content (AvgIpc) is 2.96. The van der Waals surface area contributed by atoms with Gasteiger partial charge < -0.3 is 5.11 Å². The largest absolute Gasteiger partial charge is 0.387 e. The molecule has 21 heavy (non-hydrogen) atoms. The highest BCUT2D eigenvalue weighted by atomic mass is 32.1. The molecule has 1 aromatic heterocycles. The molecule has 2 heteroatoms. The quantitative estimate of drug-likeness (QED) is 0.724. The van der Waals surface area contributed by atoms with Gasteiger partial charge in [0.2, 0.25) is 0 Å². The van der Waals surface area contributed by atoms with E-state index >= 15 is 0 Å². The minimum absolute atomic E-state index is 0.0366. The molecule has 1 N–H and O–H groups in total. The number of rotatable bonds is 4. The van der Waals surface area contributed by atoms with Crippen LogP contribution >= 0.6 is 11.3 Å². The summed E-state index contributed by atoms with van der Waals surface area (Å²) < 4.78 is 0. The lowest BCUT2D eigenvalue weighted by molar-refractivity contribution is 0.163. The first-order chi connectivity index (χ1) is 10.3. The summed E-state index contributed by atoms with van der Waals surface area (Å²) in [5.41, 5.74) is 2.28. The Morgan fingerprint density at radius 3 is 1.71 bits per heavy atom. The maximum atomic E-state index is 10.9. The molecule has 0 fully saturated rings. The fourth-order valence-corrected chi connectivity index (χ4v) is 3.56. The molecule has 0 spiro atoms. The molecule has 0 saturated carbocycles. The van der Waals surface area contributed by atoms with Crippen LogP contribution in [0.1, 0.15) is 32.9 Å². The van der Waals surface area contributed by atoms with Crippen LogP contribution in [0.3, 0.4) is 0 Å². The molecule has 1 unspecified atom stereocenters. The third-order valence-corrected chi connectivity index (χ3v) is 4.76. The Morgan fingerprint density at radius 2 is 1.29 bits per heavy atom. The molecule has 0 saturated heterocycles. The molecule has 0 aliphatic heterocycles. The average molecular weight is 294 g/mol. The standard InChI is InChI=1S/C19H18OS/c1-14-12-13-17(21-14)19(20)18(15-8-4-2-5-9-15)16-10-6-3-7-11-16/h2-13,18-20H,1H3. The van der Waals surface area contributed by atoms with Crippen LogP contribution in [0.2, 0.25) is 0 Å². The van der Waals surface area contributed by atoms with Crippen LogP contribution in [0.15, 0.2) is 72.8 Å². The van der Waals surface area contributed by atoms with E-state index in [0.29, 0.717) is 0 Å². The van der Waals surface area contributed by atoms with Gasteiger partial charge in [0.25, 0.3) is 0 Å². The van der Waals surface area contributed by atoms with Crippen molar-refractivity contribution >= 4 is 11.3 Å². The lowest BCUT2D eigenvalue weighted by Gasteiger charge is -2.23. The molecule has 3 rings (SSSR count). The maximum Gasteiger partial charge on any atom is 0.0990 e. The lowest BCUT2D eigenvalue weighted by atomic mass is 9.86. The predicted molar refractivity (Wildman–Crippen MR) is 88.7 cm³/mol. The first-order valence-electron chi connectivity index (χ1n) is 7.10. The Hall–Kier alpha value is -1.90. The van der Waals surface area contributed by atoms with Gasteiger partial charge in [-0.2, -0.15) is 0 Å². The minimum atomic E-state index is -0.520.